The van der Waals surface area contributed by atoms with Crippen LogP contribution in [0.25, 0.3) is 10.9 Å². The molecule has 9 nitrogen and oxygen atoms in total. The van der Waals surface area contributed by atoms with Crippen LogP contribution in [0.3, 0.4) is 0 Å². The molecule has 0 bridgehead atoms. The van der Waals surface area contributed by atoms with Crippen LogP contribution in [0, 0.1) is 10.1 Å². The summed E-state index contributed by atoms with van der Waals surface area (Å²) in [5.41, 5.74) is 0.908. The molecule has 1 N–H and O–H groups in total. The molecule has 0 fully saturated rings. The Labute approximate surface area is 169 Å². The van der Waals surface area contributed by atoms with Crippen molar-refractivity contribution in [2.45, 2.75) is 0 Å². The normalized spacial score (nSPS) is 10.4. The minimum atomic E-state index is -0.687. The zero-order chi connectivity index (χ0) is 21.0. The summed E-state index contributed by atoms with van der Waals surface area (Å²) in [4.78, 5) is 38.6. The van der Waals surface area contributed by atoms with Crippen molar-refractivity contribution in [1.82, 2.24) is 4.98 Å². The quantitative estimate of drug-likeness (QED) is 0.282. The average molecular weight is 416 g/mol. The first-order valence-electron chi connectivity index (χ1n) is 8.23. The minimum absolute atomic E-state index is 0.111. The molecule has 148 valence electrons. The zero-order valence-electron chi connectivity index (χ0n) is 15.0. The third-order valence-corrected chi connectivity index (χ3v) is 4.11. The smallest absolute Gasteiger partial charge is 0.338 e. The van der Waals surface area contributed by atoms with Crippen molar-refractivity contribution in [2.24, 2.45) is 0 Å². The summed E-state index contributed by atoms with van der Waals surface area (Å²) in [6.45, 7) is -0.546. The van der Waals surface area contributed by atoms with Gasteiger partial charge in [0.1, 0.15) is 10.9 Å². The van der Waals surface area contributed by atoms with Gasteiger partial charge < -0.3 is 14.8 Å². The maximum atomic E-state index is 12.2. The fourth-order valence-corrected chi connectivity index (χ4v) is 2.68. The first kappa shape index (κ1) is 20.0. The Balaban J connectivity index is 1.64. The van der Waals surface area contributed by atoms with E-state index in [0.717, 1.165) is 0 Å². The fraction of sp³-hybridized carbons (Fsp3) is 0.105. The Morgan fingerprint density at radius 1 is 1.17 bits per heavy atom. The number of aromatic nitrogens is 1. The lowest BCUT2D eigenvalue weighted by atomic mass is 10.1. The molecule has 0 atom stereocenters. The predicted octanol–water partition coefficient (Wildman–Crippen LogP) is 3.60. The van der Waals surface area contributed by atoms with Crippen molar-refractivity contribution in [1.29, 1.82) is 0 Å². The number of benzene rings is 2. The second-order valence-corrected chi connectivity index (χ2v) is 6.19. The molecule has 29 heavy (non-hydrogen) atoms. The van der Waals surface area contributed by atoms with Crippen LogP contribution >= 0.6 is 11.6 Å². The summed E-state index contributed by atoms with van der Waals surface area (Å²) < 4.78 is 10.1. The van der Waals surface area contributed by atoms with Crippen molar-refractivity contribution in [3.8, 4) is 5.75 Å². The number of anilines is 1. The molecule has 0 saturated heterocycles. The summed E-state index contributed by atoms with van der Waals surface area (Å²) in [5, 5.41) is 14.3. The van der Waals surface area contributed by atoms with E-state index in [-0.39, 0.29) is 22.7 Å². The summed E-state index contributed by atoms with van der Waals surface area (Å²) in [6, 6.07) is 11.8. The molecule has 3 rings (SSSR count). The lowest BCUT2D eigenvalue weighted by Crippen LogP contribution is -2.21. The van der Waals surface area contributed by atoms with E-state index in [1.54, 1.807) is 24.3 Å². The van der Waals surface area contributed by atoms with Crippen molar-refractivity contribution in [3.05, 3.63) is 69.4 Å². The molecule has 1 amide bonds. The molecule has 0 radical (unpaired) electrons. The number of hydrogen-bond donors (Lipinski definition) is 1. The van der Waals surface area contributed by atoms with Crippen LogP contribution in [0.2, 0.25) is 5.15 Å². The fourth-order valence-electron chi connectivity index (χ4n) is 2.53. The molecule has 0 spiro atoms. The molecule has 0 aliphatic heterocycles. The van der Waals surface area contributed by atoms with E-state index in [1.807, 2.05) is 0 Å². The third-order valence-electron chi connectivity index (χ3n) is 3.90. The highest BCUT2D eigenvalue weighted by molar-refractivity contribution is 6.29. The Kier molecular flexibility index (Phi) is 5.89. The van der Waals surface area contributed by atoms with Gasteiger partial charge in [0.15, 0.2) is 6.61 Å². The summed E-state index contributed by atoms with van der Waals surface area (Å²) in [6.07, 6.45) is 0. The van der Waals surface area contributed by atoms with Crippen molar-refractivity contribution in [3.63, 3.8) is 0 Å². The number of nitro benzene ring substituents is 1. The van der Waals surface area contributed by atoms with E-state index in [1.165, 1.54) is 31.4 Å². The van der Waals surface area contributed by atoms with Crippen LogP contribution in [0.5, 0.6) is 5.75 Å². The summed E-state index contributed by atoms with van der Waals surface area (Å²) in [5.74, 6) is -1.20. The van der Waals surface area contributed by atoms with Crippen LogP contribution in [0.1, 0.15) is 10.4 Å². The van der Waals surface area contributed by atoms with Gasteiger partial charge in [-0.15, -0.1) is 0 Å². The van der Waals surface area contributed by atoms with E-state index in [4.69, 9.17) is 21.1 Å². The molecule has 3 aromatic rings. The number of fused-ring (bicyclic) bond motifs is 1. The number of esters is 1. The van der Waals surface area contributed by atoms with E-state index in [0.29, 0.717) is 16.1 Å². The van der Waals surface area contributed by atoms with Gasteiger partial charge in [-0.3, -0.25) is 14.9 Å². The van der Waals surface area contributed by atoms with Crippen molar-refractivity contribution < 1.29 is 24.0 Å². The topological polar surface area (TPSA) is 121 Å². The van der Waals surface area contributed by atoms with Gasteiger partial charge in [0.05, 0.1) is 34.9 Å². The molecule has 10 heteroatoms. The summed E-state index contributed by atoms with van der Waals surface area (Å²) >= 11 is 5.83. The number of carbonyl (C=O) groups excluding carboxylic acids is 2. The molecule has 1 heterocycles. The summed E-state index contributed by atoms with van der Waals surface area (Å²) in [7, 11) is 1.32. The number of hydrogen-bond acceptors (Lipinski definition) is 7. The van der Waals surface area contributed by atoms with Gasteiger partial charge in [0.25, 0.3) is 11.6 Å². The number of rotatable bonds is 6. The Hall–Kier alpha value is -3.72. The number of methoxy groups -OCH3 is 1. The van der Waals surface area contributed by atoms with Gasteiger partial charge in [-0.05, 0) is 36.4 Å². The Morgan fingerprint density at radius 3 is 2.69 bits per heavy atom. The first-order chi connectivity index (χ1) is 13.9. The van der Waals surface area contributed by atoms with E-state index in [2.05, 4.69) is 10.3 Å². The van der Waals surface area contributed by atoms with E-state index >= 15 is 0 Å². The second-order valence-electron chi connectivity index (χ2n) is 5.81. The number of nitro groups is 1. The SMILES string of the molecule is COc1cc([N+](=O)[O-])ccc1NC(=O)COC(=O)c1ccc2nc(Cl)ccc2c1. The van der Waals surface area contributed by atoms with Crippen molar-refractivity contribution in [2.75, 3.05) is 19.0 Å². The largest absolute Gasteiger partial charge is 0.494 e. The molecule has 0 unspecified atom stereocenters. The van der Waals surface area contributed by atoms with Crippen LogP contribution < -0.4 is 10.1 Å². The minimum Gasteiger partial charge on any atom is -0.494 e. The highest BCUT2D eigenvalue weighted by atomic mass is 35.5. The van der Waals surface area contributed by atoms with Crippen LogP contribution in [0.15, 0.2) is 48.5 Å². The molecule has 0 aliphatic rings. The Bertz CT molecular complexity index is 1120. The number of ether oxygens (including phenoxy) is 2. The molecular formula is C19H14ClN3O6. The van der Waals surface area contributed by atoms with Crippen LogP contribution in [0.4, 0.5) is 11.4 Å². The number of amides is 1. The number of pyridine rings is 1. The van der Waals surface area contributed by atoms with Gasteiger partial charge in [-0.25, -0.2) is 9.78 Å². The van der Waals surface area contributed by atoms with Crippen LogP contribution in [-0.2, 0) is 9.53 Å². The average Bonchev–Trinajstić information content (AvgIpc) is 2.71. The van der Waals surface area contributed by atoms with Crippen molar-refractivity contribution >= 4 is 45.8 Å². The number of non-ortho nitro benzene ring substituents is 1. The van der Waals surface area contributed by atoms with Gasteiger partial charge in [0.2, 0.25) is 0 Å². The van der Waals surface area contributed by atoms with E-state index < -0.39 is 23.4 Å². The molecule has 0 saturated carbocycles. The highest BCUT2D eigenvalue weighted by Crippen LogP contribution is 2.29. The molecule has 1 aromatic heterocycles. The maximum Gasteiger partial charge on any atom is 0.338 e. The maximum absolute atomic E-state index is 12.2. The second kappa shape index (κ2) is 8.53. The number of nitrogens with one attached hydrogen (secondary N) is 1. The number of halogens is 1. The first-order valence-corrected chi connectivity index (χ1v) is 8.61. The van der Waals surface area contributed by atoms with Gasteiger partial charge >= 0.3 is 5.97 Å². The number of carbonyl (C=O) groups is 2. The molecule has 2 aromatic carbocycles. The van der Waals surface area contributed by atoms with Gasteiger partial charge in [-0.1, -0.05) is 11.6 Å². The van der Waals surface area contributed by atoms with Gasteiger partial charge in [-0.2, -0.15) is 0 Å². The molecular weight excluding hydrogens is 402 g/mol. The predicted molar refractivity (Wildman–Crippen MR) is 105 cm³/mol. The monoisotopic (exact) mass is 415 g/mol. The lowest BCUT2D eigenvalue weighted by molar-refractivity contribution is -0.384. The van der Waals surface area contributed by atoms with E-state index in [9.17, 15) is 19.7 Å². The zero-order valence-corrected chi connectivity index (χ0v) is 15.8. The van der Waals surface area contributed by atoms with Gasteiger partial charge in [0, 0.05) is 11.5 Å². The standard InChI is InChI=1S/C19H14ClN3O6/c1-28-16-9-13(23(26)27)4-6-15(16)22-18(24)10-29-19(25)12-2-5-14-11(8-12)3-7-17(20)21-14/h2-9H,10H2,1H3,(H,22,24). The van der Waals surface area contributed by atoms with Crippen LogP contribution in [-0.4, -0.2) is 35.5 Å². The number of nitrogens with zero attached hydrogens (tertiary/aromatic N) is 2. The Morgan fingerprint density at radius 2 is 1.97 bits per heavy atom. The third kappa shape index (κ3) is 4.77. The lowest BCUT2D eigenvalue weighted by Gasteiger charge is -2.10. The molecule has 0 aliphatic carbocycles. The highest BCUT2D eigenvalue weighted by Gasteiger charge is 2.15.